The van der Waals surface area contributed by atoms with Crippen LogP contribution in [0.25, 0.3) is 0 Å². The monoisotopic (exact) mass is 212 g/mol. The maximum absolute atomic E-state index is 6.08. The number of thiazole rings is 1. The minimum absolute atomic E-state index is 0.101. The Morgan fingerprint density at radius 3 is 3.21 bits per heavy atom. The van der Waals surface area contributed by atoms with Crippen molar-refractivity contribution in [1.82, 2.24) is 4.98 Å². The van der Waals surface area contributed by atoms with Crippen LogP contribution in [0.3, 0.4) is 0 Å². The van der Waals surface area contributed by atoms with Crippen molar-refractivity contribution in [2.24, 2.45) is 5.73 Å². The maximum Gasteiger partial charge on any atom is 0.0897 e. The van der Waals surface area contributed by atoms with Gasteiger partial charge in [-0.2, -0.15) is 0 Å². The van der Waals surface area contributed by atoms with E-state index in [-0.39, 0.29) is 6.04 Å². The molecule has 1 aromatic rings. The SMILES string of the molecule is Cc1ncc(C(N)CC2CCCO2)s1. The van der Waals surface area contributed by atoms with E-state index >= 15 is 0 Å². The molecule has 4 heteroatoms. The summed E-state index contributed by atoms with van der Waals surface area (Å²) < 4.78 is 5.56. The number of ether oxygens (including phenoxy) is 1. The summed E-state index contributed by atoms with van der Waals surface area (Å²) in [6.45, 7) is 2.91. The van der Waals surface area contributed by atoms with E-state index in [4.69, 9.17) is 10.5 Å². The zero-order chi connectivity index (χ0) is 9.97. The van der Waals surface area contributed by atoms with Gasteiger partial charge in [-0.1, -0.05) is 0 Å². The van der Waals surface area contributed by atoms with Crippen molar-refractivity contribution in [3.05, 3.63) is 16.1 Å². The molecule has 1 saturated heterocycles. The Morgan fingerprint density at radius 1 is 1.79 bits per heavy atom. The van der Waals surface area contributed by atoms with Gasteiger partial charge in [-0.15, -0.1) is 11.3 Å². The molecule has 0 bridgehead atoms. The molecule has 3 nitrogen and oxygen atoms in total. The summed E-state index contributed by atoms with van der Waals surface area (Å²) in [5.41, 5.74) is 6.08. The molecular formula is C10H16N2OS. The summed E-state index contributed by atoms with van der Waals surface area (Å²) >= 11 is 1.69. The Labute approximate surface area is 88.3 Å². The van der Waals surface area contributed by atoms with Crippen LogP contribution < -0.4 is 5.73 Å². The minimum Gasteiger partial charge on any atom is -0.378 e. The van der Waals surface area contributed by atoms with Crippen LogP contribution in [-0.2, 0) is 4.74 Å². The van der Waals surface area contributed by atoms with E-state index < -0.39 is 0 Å². The lowest BCUT2D eigenvalue weighted by molar-refractivity contribution is 0.0986. The smallest absolute Gasteiger partial charge is 0.0897 e. The highest BCUT2D eigenvalue weighted by atomic mass is 32.1. The molecule has 0 saturated carbocycles. The van der Waals surface area contributed by atoms with Crippen molar-refractivity contribution in [3.63, 3.8) is 0 Å². The number of hydrogen-bond donors (Lipinski definition) is 1. The van der Waals surface area contributed by atoms with E-state index in [1.54, 1.807) is 11.3 Å². The molecule has 0 spiro atoms. The van der Waals surface area contributed by atoms with Gasteiger partial charge >= 0.3 is 0 Å². The molecule has 1 aromatic heterocycles. The van der Waals surface area contributed by atoms with Crippen LogP contribution in [0.2, 0.25) is 0 Å². The third-order valence-electron chi connectivity index (χ3n) is 2.55. The zero-order valence-corrected chi connectivity index (χ0v) is 9.22. The Hall–Kier alpha value is -0.450. The lowest BCUT2D eigenvalue weighted by Crippen LogP contribution is -2.17. The first kappa shape index (κ1) is 10.1. The van der Waals surface area contributed by atoms with E-state index in [2.05, 4.69) is 4.98 Å². The molecule has 14 heavy (non-hydrogen) atoms. The van der Waals surface area contributed by atoms with Crippen molar-refractivity contribution in [3.8, 4) is 0 Å². The number of aromatic nitrogens is 1. The van der Waals surface area contributed by atoms with Gasteiger partial charge < -0.3 is 10.5 Å². The normalized spacial score (nSPS) is 24.0. The molecule has 1 aliphatic heterocycles. The number of rotatable bonds is 3. The lowest BCUT2D eigenvalue weighted by Gasteiger charge is -2.14. The average Bonchev–Trinajstić information content (AvgIpc) is 2.75. The third kappa shape index (κ3) is 2.32. The molecule has 2 atom stereocenters. The molecule has 0 radical (unpaired) electrons. The molecule has 1 aliphatic rings. The van der Waals surface area contributed by atoms with Crippen molar-refractivity contribution in [2.45, 2.75) is 38.3 Å². The van der Waals surface area contributed by atoms with E-state index in [9.17, 15) is 0 Å². The number of nitrogens with zero attached hydrogens (tertiary/aromatic N) is 1. The Morgan fingerprint density at radius 2 is 2.64 bits per heavy atom. The fourth-order valence-electron chi connectivity index (χ4n) is 1.78. The van der Waals surface area contributed by atoms with Crippen LogP contribution in [0.1, 0.15) is 35.2 Å². The van der Waals surface area contributed by atoms with Gasteiger partial charge in [-0.25, -0.2) is 4.98 Å². The highest BCUT2D eigenvalue weighted by Crippen LogP contribution is 2.26. The summed E-state index contributed by atoms with van der Waals surface area (Å²) in [7, 11) is 0. The van der Waals surface area contributed by atoms with Gasteiger partial charge in [0, 0.05) is 23.7 Å². The first-order valence-corrected chi connectivity index (χ1v) is 5.87. The summed E-state index contributed by atoms with van der Waals surface area (Å²) in [5.74, 6) is 0. The van der Waals surface area contributed by atoms with Crippen LogP contribution >= 0.6 is 11.3 Å². The van der Waals surface area contributed by atoms with E-state index in [1.165, 1.54) is 11.3 Å². The van der Waals surface area contributed by atoms with Crippen LogP contribution in [0.4, 0.5) is 0 Å². The molecule has 0 amide bonds. The summed E-state index contributed by atoms with van der Waals surface area (Å²) in [5, 5.41) is 1.09. The van der Waals surface area contributed by atoms with Crippen LogP contribution in [0.5, 0.6) is 0 Å². The van der Waals surface area contributed by atoms with Crippen molar-refractivity contribution in [2.75, 3.05) is 6.61 Å². The highest BCUT2D eigenvalue weighted by molar-refractivity contribution is 7.11. The van der Waals surface area contributed by atoms with Gasteiger partial charge in [0.05, 0.1) is 11.1 Å². The molecule has 2 N–H and O–H groups in total. The fraction of sp³-hybridized carbons (Fsp3) is 0.700. The fourth-order valence-corrected chi connectivity index (χ4v) is 2.58. The molecule has 0 aromatic carbocycles. The first-order valence-electron chi connectivity index (χ1n) is 5.05. The zero-order valence-electron chi connectivity index (χ0n) is 8.40. The van der Waals surface area contributed by atoms with E-state index in [0.29, 0.717) is 6.10 Å². The third-order valence-corrected chi connectivity index (χ3v) is 3.59. The summed E-state index contributed by atoms with van der Waals surface area (Å²) in [6.07, 6.45) is 5.53. The van der Waals surface area contributed by atoms with Gasteiger partial charge in [0.1, 0.15) is 0 Å². The van der Waals surface area contributed by atoms with Gasteiger partial charge in [-0.05, 0) is 26.2 Å². The lowest BCUT2D eigenvalue weighted by atomic mass is 10.1. The number of hydrogen-bond acceptors (Lipinski definition) is 4. The van der Waals surface area contributed by atoms with Crippen molar-refractivity contribution >= 4 is 11.3 Å². The van der Waals surface area contributed by atoms with Gasteiger partial charge in [0.15, 0.2) is 0 Å². The quantitative estimate of drug-likeness (QED) is 0.834. The van der Waals surface area contributed by atoms with Gasteiger partial charge in [0.25, 0.3) is 0 Å². The van der Waals surface area contributed by atoms with E-state index in [1.807, 2.05) is 13.1 Å². The molecule has 2 heterocycles. The van der Waals surface area contributed by atoms with Crippen molar-refractivity contribution in [1.29, 1.82) is 0 Å². The maximum atomic E-state index is 6.08. The molecule has 78 valence electrons. The van der Waals surface area contributed by atoms with Crippen LogP contribution in [0.15, 0.2) is 6.20 Å². The van der Waals surface area contributed by atoms with E-state index in [0.717, 1.165) is 24.5 Å². The van der Waals surface area contributed by atoms with Crippen LogP contribution in [0, 0.1) is 6.92 Å². The second kappa shape index (κ2) is 4.38. The molecular weight excluding hydrogens is 196 g/mol. The van der Waals surface area contributed by atoms with Gasteiger partial charge in [-0.3, -0.25) is 0 Å². The second-order valence-electron chi connectivity index (χ2n) is 3.76. The predicted octanol–water partition coefficient (Wildman–Crippen LogP) is 2.02. The minimum atomic E-state index is 0.101. The molecule has 2 unspecified atom stereocenters. The molecule has 1 fully saturated rings. The standard InChI is InChI=1S/C10H16N2OS/c1-7-12-6-10(14-7)9(11)5-8-3-2-4-13-8/h6,8-9H,2-5,11H2,1H3. The summed E-state index contributed by atoms with van der Waals surface area (Å²) in [6, 6.07) is 0.101. The van der Waals surface area contributed by atoms with Crippen LogP contribution in [-0.4, -0.2) is 17.7 Å². The molecule has 2 rings (SSSR count). The first-order chi connectivity index (χ1) is 6.75. The highest BCUT2D eigenvalue weighted by Gasteiger charge is 2.20. The largest absolute Gasteiger partial charge is 0.378 e. The topological polar surface area (TPSA) is 48.1 Å². The van der Waals surface area contributed by atoms with Crippen molar-refractivity contribution < 1.29 is 4.74 Å². The Bertz CT molecular complexity index is 294. The van der Waals surface area contributed by atoms with Gasteiger partial charge in [0.2, 0.25) is 0 Å². The predicted molar refractivity (Wildman–Crippen MR) is 57.4 cm³/mol. The Balaban J connectivity index is 1.91. The second-order valence-corrected chi connectivity index (χ2v) is 5.03. The number of aryl methyl sites for hydroxylation is 1. The molecule has 0 aliphatic carbocycles. The average molecular weight is 212 g/mol. The Kier molecular flexibility index (Phi) is 3.15. The summed E-state index contributed by atoms with van der Waals surface area (Å²) in [4.78, 5) is 5.39. The number of nitrogens with two attached hydrogens (primary N) is 1.